The van der Waals surface area contributed by atoms with Crippen LogP contribution < -0.4 is 21.6 Å². The highest BCUT2D eigenvalue weighted by molar-refractivity contribution is 9.10. The molecule has 9 nitrogen and oxygen atoms in total. The third-order valence-corrected chi connectivity index (χ3v) is 8.47. The standard InChI is InChI=1S/C36H36BrN5O4/c1-23-28(21-38-35(45)39-24(2)26-14-8-5-9-15-26)20-29(37)33-32(23)34(44)46-36(41-33)40-30-17-11-10-16-27(30)18-19-31(43)42(3)22-25-12-6-4-7-13-25/h4-17,20,24H,18-19,21-22H2,1-3H3,(H,40,41)(H2,38,39,45)/t24-/m1/s1. The average molecular weight is 683 g/mol. The quantitative estimate of drug-likeness (QED) is 0.136. The van der Waals surface area contributed by atoms with Crippen molar-refractivity contribution < 1.29 is 14.0 Å². The summed E-state index contributed by atoms with van der Waals surface area (Å²) in [7, 11) is 1.80. The van der Waals surface area contributed by atoms with Crippen molar-refractivity contribution in [1.29, 1.82) is 0 Å². The first-order valence-corrected chi connectivity index (χ1v) is 15.8. The Balaban J connectivity index is 1.26. The Morgan fingerprint density at radius 2 is 1.63 bits per heavy atom. The number of aryl methyl sites for hydroxylation is 2. The van der Waals surface area contributed by atoms with Crippen molar-refractivity contribution in [1.82, 2.24) is 20.5 Å². The maximum Gasteiger partial charge on any atom is 0.348 e. The van der Waals surface area contributed by atoms with Crippen LogP contribution in [0.25, 0.3) is 10.9 Å². The molecule has 1 heterocycles. The van der Waals surface area contributed by atoms with Crippen molar-refractivity contribution in [3.63, 3.8) is 0 Å². The largest absolute Gasteiger partial charge is 0.388 e. The second-order valence-corrected chi connectivity index (χ2v) is 12.0. The number of urea groups is 1. The molecule has 0 bridgehead atoms. The van der Waals surface area contributed by atoms with Crippen LogP contribution in [0.4, 0.5) is 16.5 Å². The van der Waals surface area contributed by atoms with Gasteiger partial charge < -0.3 is 25.3 Å². The van der Waals surface area contributed by atoms with Gasteiger partial charge in [-0.2, -0.15) is 4.98 Å². The Morgan fingerprint density at radius 3 is 2.37 bits per heavy atom. The van der Waals surface area contributed by atoms with Crippen LogP contribution in [0.1, 0.15) is 47.2 Å². The number of hydrogen-bond acceptors (Lipinski definition) is 6. The number of nitrogens with zero attached hydrogens (tertiary/aromatic N) is 2. The number of amides is 3. The first-order valence-electron chi connectivity index (χ1n) is 15.0. The van der Waals surface area contributed by atoms with Crippen LogP contribution in [-0.4, -0.2) is 28.9 Å². The Kier molecular flexibility index (Phi) is 10.5. The summed E-state index contributed by atoms with van der Waals surface area (Å²) in [6.45, 7) is 4.47. The van der Waals surface area contributed by atoms with Gasteiger partial charge in [-0.25, -0.2) is 9.59 Å². The van der Waals surface area contributed by atoms with Crippen LogP contribution in [0.15, 0.2) is 105 Å². The normalized spacial score (nSPS) is 11.6. The molecule has 0 aliphatic carbocycles. The molecule has 5 aromatic rings. The lowest BCUT2D eigenvalue weighted by Crippen LogP contribution is -2.36. The Labute approximate surface area is 276 Å². The van der Waals surface area contributed by atoms with Crippen molar-refractivity contribution in [3.8, 4) is 0 Å². The van der Waals surface area contributed by atoms with Gasteiger partial charge >= 0.3 is 17.7 Å². The van der Waals surface area contributed by atoms with E-state index in [0.717, 1.165) is 22.3 Å². The van der Waals surface area contributed by atoms with Gasteiger partial charge in [0.15, 0.2) is 0 Å². The minimum atomic E-state index is -0.551. The molecular weight excluding hydrogens is 646 g/mol. The summed E-state index contributed by atoms with van der Waals surface area (Å²) in [6, 6.07) is 28.5. The molecule has 1 aromatic heterocycles. The van der Waals surface area contributed by atoms with E-state index in [1.807, 2.05) is 105 Å². The monoisotopic (exact) mass is 681 g/mol. The molecule has 1 atom stereocenters. The van der Waals surface area contributed by atoms with E-state index in [2.05, 4.69) is 36.9 Å². The number of anilines is 2. The Bertz CT molecular complexity index is 1900. The van der Waals surface area contributed by atoms with Gasteiger partial charge in [-0.3, -0.25) is 4.79 Å². The molecule has 5 rings (SSSR count). The van der Waals surface area contributed by atoms with E-state index >= 15 is 0 Å². The second-order valence-electron chi connectivity index (χ2n) is 11.1. The highest BCUT2D eigenvalue weighted by Gasteiger charge is 2.18. The predicted octanol–water partition coefficient (Wildman–Crippen LogP) is 7.15. The van der Waals surface area contributed by atoms with E-state index in [4.69, 9.17) is 4.42 Å². The zero-order valence-electron chi connectivity index (χ0n) is 26.0. The summed E-state index contributed by atoms with van der Waals surface area (Å²) in [5.41, 5.74) is 4.97. The number of aromatic nitrogens is 1. The van der Waals surface area contributed by atoms with E-state index in [1.165, 1.54) is 0 Å². The average Bonchev–Trinajstić information content (AvgIpc) is 3.05. The van der Waals surface area contributed by atoms with Crippen LogP contribution in [0, 0.1) is 6.92 Å². The minimum Gasteiger partial charge on any atom is -0.388 e. The van der Waals surface area contributed by atoms with Gasteiger partial charge in [0.25, 0.3) is 0 Å². The van der Waals surface area contributed by atoms with Gasteiger partial charge in [-0.15, -0.1) is 0 Å². The van der Waals surface area contributed by atoms with E-state index in [0.29, 0.717) is 46.0 Å². The number of hydrogen-bond donors (Lipinski definition) is 3. The molecule has 236 valence electrons. The Hall–Kier alpha value is -4.96. The molecular formula is C36H36BrN5O4. The maximum atomic E-state index is 13.3. The zero-order chi connectivity index (χ0) is 32.6. The summed E-state index contributed by atoms with van der Waals surface area (Å²) in [5, 5.41) is 9.28. The van der Waals surface area contributed by atoms with Crippen LogP contribution in [-0.2, 0) is 24.3 Å². The summed E-state index contributed by atoms with van der Waals surface area (Å²) in [6.07, 6.45) is 0.817. The number of benzene rings is 4. The third-order valence-electron chi connectivity index (χ3n) is 7.87. The smallest absolute Gasteiger partial charge is 0.348 e. The number of nitrogens with one attached hydrogen (secondary N) is 3. The molecule has 0 spiro atoms. The molecule has 0 radical (unpaired) electrons. The first kappa shape index (κ1) is 32.4. The summed E-state index contributed by atoms with van der Waals surface area (Å²) < 4.78 is 6.22. The van der Waals surface area contributed by atoms with Crippen molar-refractivity contribution in [2.45, 2.75) is 45.8 Å². The molecule has 0 aliphatic rings. The lowest BCUT2D eigenvalue weighted by molar-refractivity contribution is -0.130. The highest BCUT2D eigenvalue weighted by Crippen LogP contribution is 2.29. The van der Waals surface area contributed by atoms with Crippen molar-refractivity contribution >= 4 is 50.5 Å². The summed E-state index contributed by atoms with van der Waals surface area (Å²) in [5.74, 6) is 0.0295. The topological polar surface area (TPSA) is 117 Å². The number of para-hydroxylation sites is 1. The predicted molar refractivity (Wildman–Crippen MR) is 184 cm³/mol. The van der Waals surface area contributed by atoms with E-state index in [1.54, 1.807) is 11.9 Å². The highest BCUT2D eigenvalue weighted by atomic mass is 79.9. The number of fused-ring (bicyclic) bond motifs is 1. The van der Waals surface area contributed by atoms with Crippen molar-refractivity contribution in [3.05, 3.63) is 134 Å². The fraction of sp³-hybridized carbons (Fsp3) is 0.222. The fourth-order valence-corrected chi connectivity index (χ4v) is 5.81. The van der Waals surface area contributed by atoms with Gasteiger partial charge in [-0.1, -0.05) is 78.9 Å². The van der Waals surface area contributed by atoms with Crippen molar-refractivity contribution in [2.75, 3.05) is 12.4 Å². The molecule has 0 saturated carbocycles. The molecule has 46 heavy (non-hydrogen) atoms. The summed E-state index contributed by atoms with van der Waals surface area (Å²) >= 11 is 3.56. The number of carbonyl (C=O) groups is 2. The number of halogens is 1. The SMILES string of the molecule is Cc1c(CNC(=O)N[C@H](C)c2ccccc2)cc(Br)c2nc(Nc3ccccc3CCC(=O)N(C)Cc3ccccc3)oc(=O)c12. The second kappa shape index (κ2) is 14.9. The van der Waals surface area contributed by atoms with Gasteiger partial charge in [0.05, 0.1) is 16.9 Å². The number of carbonyl (C=O) groups excluding carboxylic acids is 2. The maximum absolute atomic E-state index is 13.3. The van der Waals surface area contributed by atoms with Crippen LogP contribution >= 0.6 is 15.9 Å². The van der Waals surface area contributed by atoms with Crippen molar-refractivity contribution in [2.24, 2.45) is 0 Å². The lowest BCUT2D eigenvalue weighted by Gasteiger charge is -2.18. The first-order chi connectivity index (χ1) is 22.2. The molecule has 4 aromatic carbocycles. The summed E-state index contributed by atoms with van der Waals surface area (Å²) in [4.78, 5) is 45.1. The van der Waals surface area contributed by atoms with E-state index in [-0.39, 0.29) is 30.5 Å². The molecule has 3 N–H and O–H groups in total. The van der Waals surface area contributed by atoms with Crippen LogP contribution in [0.2, 0.25) is 0 Å². The van der Waals surface area contributed by atoms with E-state index < -0.39 is 5.63 Å². The molecule has 10 heteroatoms. The fourth-order valence-electron chi connectivity index (χ4n) is 5.25. The molecule has 0 aliphatic heterocycles. The van der Waals surface area contributed by atoms with Gasteiger partial charge in [0, 0.05) is 36.7 Å². The molecule has 0 unspecified atom stereocenters. The van der Waals surface area contributed by atoms with Crippen LogP contribution in [0.5, 0.6) is 0 Å². The Morgan fingerprint density at radius 1 is 0.957 bits per heavy atom. The van der Waals surface area contributed by atoms with Gasteiger partial charge in [0.1, 0.15) is 0 Å². The lowest BCUT2D eigenvalue weighted by atomic mass is 10.0. The molecule has 0 fully saturated rings. The van der Waals surface area contributed by atoms with Gasteiger partial charge in [-0.05, 0) is 76.1 Å². The van der Waals surface area contributed by atoms with Gasteiger partial charge in [0.2, 0.25) is 5.91 Å². The molecule has 0 saturated heterocycles. The number of rotatable bonds is 11. The van der Waals surface area contributed by atoms with Crippen LogP contribution in [0.3, 0.4) is 0 Å². The minimum absolute atomic E-state index is 0.0295. The molecule has 3 amide bonds. The third kappa shape index (κ3) is 8.00. The zero-order valence-corrected chi connectivity index (χ0v) is 27.6. The van der Waals surface area contributed by atoms with E-state index in [9.17, 15) is 14.4 Å².